The second kappa shape index (κ2) is 5.44. The highest BCUT2D eigenvalue weighted by atomic mass is 19.1. The Kier molecular flexibility index (Phi) is 4.40. The number of amides is 1. The molecule has 0 bridgehead atoms. The van der Waals surface area contributed by atoms with Gasteiger partial charge in [-0.2, -0.15) is 0 Å². The fourth-order valence-corrected chi connectivity index (χ4v) is 1.49. The van der Waals surface area contributed by atoms with E-state index in [4.69, 9.17) is 5.73 Å². The minimum Gasteiger partial charge on any atom is -0.345 e. The fourth-order valence-electron chi connectivity index (χ4n) is 1.49. The molecule has 1 aromatic rings. The number of hydrogen-bond donors (Lipinski definition) is 2. The van der Waals surface area contributed by atoms with Crippen LogP contribution in [0.4, 0.5) is 8.78 Å². The molecule has 0 saturated heterocycles. The van der Waals surface area contributed by atoms with Crippen LogP contribution in [0.25, 0.3) is 0 Å². The lowest BCUT2D eigenvalue weighted by Gasteiger charge is -2.28. The SMILES string of the molecule is CCC(C)(CN)NC(=O)c1c(F)ccc(C)c1F. The molecular weight excluding hydrogens is 238 g/mol. The molecule has 0 radical (unpaired) electrons. The molecule has 0 heterocycles. The van der Waals surface area contributed by atoms with Gasteiger partial charge in [-0.05, 0) is 31.9 Å². The maximum atomic E-state index is 13.8. The molecule has 3 N–H and O–H groups in total. The van der Waals surface area contributed by atoms with Crippen LogP contribution in [-0.2, 0) is 0 Å². The summed E-state index contributed by atoms with van der Waals surface area (Å²) >= 11 is 0. The van der Waals surface area contributed by atoms with E-state index < -0.39 is 28.6 Å². The van der Waals surface area contributed by atoms with Gasteiger partial charge in [-0.3, -0.25) is 4.79 Å². The largest absolute Gasteiger partial charge is 0.345 e. The zero-order chi connectivity index (χ0) is 13.9. The zero-order valence-electron chi connectivity index (χ0n) is 10.8. The average molecular weight is 256 g/mol. The number of carbonyl (C=O) groups excluding carboxylic acids is 1. The van der Waals surface area contributed by atoms with Crippen molar-refractivity contribution >= 4 is 5.91 Å². The van der Waals surface area contributed by atoms with E-state index in [-0.39, 0.29) is 12.1 Å². The Morgan fingerprint density at radius 2 is 2.06 bits per heavy atom. The van der Waals surface area contributed by atoms with E-state index >= 15 is 0 Å². The van der Waals surface area contributed by atoms with Crippen molar-refractivity contribution < 1.29 is 13.6 Å². The molecule has 5 heteroatoms. The van der Waals surface area contributed by atoms with Crippen molar-refractivity contribution in [3.05, 3.63) is 34.9 Å². The molecule has 18 heavy (non-hydrogen) atoms. The minimum atomic E-state index is -0.869. The van der Waals surface area contributed by atoms with Crippen molar-refractivity contribution in [3.63, 3.8) is 0 Å². The number of aryl methyl sites for hydroxylation is 1. The summed E-state index contributed by atoms with van der Waals surface area (Å²) in [4.78, 5) is 11.9. The molecule has 1 aromatic carbocycles. The van der Waals surface area contributed by atoms with Crippen LogP contribution in [0.2, 0.25) is 0 Å². The summed E-state index contributed by atoms with van der Waals surface area (Å²) in [5.74, 6) is -2.47. The van der Waals surface area contributed by atoms with Gasteiger partial charge >= 0.3 is 0 Å². The first-order valence-electron chi connectivity index (χ1n) is 5.82. The first-order chi connectivity index (χ1) is 8.34. The van der Waals surface area contributed by atoms with E-state index in [0.29, 0.717) is 6.42 Å². The van der Waals surface area contributed by atoms with E-state index in [0.717, 1.165) is 6.07 Å². The van der Waals surface area contributed by atoms with Gasteiger partial charge in [0.15, 0.2) is 0 Å². The monoisotopic (exact) mass is 256 g/mol. The summed E-state index contributed by atoms with van der Waals surface area (Å²) in [5.41, 5.74) is 4.56. The van der Waals surface area contributed by atoms with Gasteiger partial charge in [-0.25, -0.2) is 8.78 Å². The molecule has 100 valence electrons. The van der Waals surface area contributed by atoms with Gasteiger partial charge in [0.05, 0.1) is 0 Å². The summed E-state index contributed by atoms with van der Waals surface area (Å²) < 4.78 is 27.3. The molecule has 0 spiro atoms. The number of nitrogens with one attached hydrogen (secondary N) is 1. The minimum absolute atomic E-state index is 0.199. The van der Waals surface area contributed by atoms with Crippen molar-refractivity contribution in [1.82, 2.24) is 5.32 Å². The molecular formula is C13H18F2N2O. The predicted molar refractivity (Wildman–Crippen MR) is 66.3 cm³/mol. The molecule has 1 rings (SSSR count). The third kappa shape index (κ3) is 2.85. The Bertz CT molecular complexity index is 457. The van der Waals surface area contributed by atoms with Gasteiger partial charge in [0.25, 0.3) is 5.91 Å². The van der Waals surface area contributed by atoms with Crippen LogP contribution in [0.1, 0.15) is 36.2 Å². The number of hydrogen-bond acceptors (Lipinski definition) is 2. The fraction of sp³-hybridized carbons (Fsp3) is 0.462. The molecule has 1 unspecified atom stereocenters. The lowest BCUT2D eigenvalue weighted by molar-refractivity contribution is 0.0897. The van der Waals surface area contributed by atoms with Crippen LogP contribution < -0.4 is 11.1 Å². The Morgan fingerprint density at radius 3 is 2.56 bits per heavy atom. The van der Waals surface area contributed by atoms with Crippen LogP contribution in [0.15, 0.2) is 12.1 Å². The number of halogens is 2. The van der Waals surface area contributed by atoms with Crippen molar-refractivity contribution in [2.45, 2.75) is 32.7 Å². The van der Waals surface area contributed by atoms with Gasteiger partial charge in [-0.15, -0.1) is 0 Å². The normalized spacial score (nSPS) is 14.1. The molecule has 3 nitrogen and oxygen atoms in total. The van der Waals surface area contributed by atoms with Gasteiger partial charge in [0.1, 0.15) is 17.2 Å². The van der Waals surface area contributed by atoms with Crippen molar-refractivity contribution in [2.24, 2.45) is 5.73 Å². The third-order valence-electron chi connectivity index (χ3n) is 3.16. The molecule has 0 saturated carbocycles. The van der Waals surface area contributed by atoms with E-state index in [9.17, 15) is 13.6 Å². The highest BCUT2D eigenvalue weighted by molar-refractivity contribution is 5.95. The maximum absolute atomic E-state index is 13.8. The van der Waals surface area contributed by atoms with Crippen molar-refractivity contribution in [2.75, 3.05) is 6.54 Å². The average Bonchev–Trinajstić information content (AvgIpc) is 2.34. The standard InChI is InChI=1S/C13H18F2N2O/c1-4-13(3,7-16)17-12(18)10-9(14)6-5-8(2)11(10)15/h5-6H,4,7,16H2,1-3H3,(H,17,18). The molecule has 0 aliphatic heterocycles. The maximum Gasteiger partial charge on any atom is 0.257 e. The molecule has 1 amide bonds. The summed E-state index contributed by atoms with van der Waals surface area (Å²) in [6, 6.07) is 2.38. The Balaban J connectivity index is 3.09. The number of benzene rings is 1. The number of nitrogens with two attached hydrogens (primary N) is 1. The summed E-state index contributed by atoms with van der Waals surface area (Å²) in [5, 5.41) is 2.57. The second-order valence-corrected chi connectivity index (χ2v) is 4.63. The van der Waals surface area contributed by atoms with Gasteiger partial charge in [-0.1, -0.05) is 13.0 Å². The summed E-state index contributed by atoms with van der Waals surface area (Å²) in [6.07, 6.45) is 0.574. The van der Waals surface area contributed by atoms with Crippen LogP contribution in [0.3, 0.4) is 0 Å². The van der Waals surface area contributed by atoms with Crippen LogP contribution in [-0.4, -0.2) is 18.0 Å². The lowest BCUT2D eigenvalue weighted by atomic mass is 9.98. The topological polar surface area (TPSA) is 55.1 Å². The van der Waals surface area contributed by atoms with E-state index in [1.54, 1.807) is 6.92 Å². The van der Waals surface area contributed by atoms with Crippen molar-refractivity contribution in [3.8, 4) is 0 Å². The Hall–Kier alpha value is -1.49. The first kappa shape index (κ1) is 14.6. The highest BCUT2D eigenvalue weighted by Gasteiger charge is 2.26. The highest BCUT2D eigenvalue weighted by Crippen LogP contribution is 2.18. The molecule has 0 aliphatic carbocycles. The second-order valence-electron chi connectivity index (χ2n) is 4.63. The smallest absolute Gasteiger partial charge is 0.257 e. The van der Waals surface area contributed by atoms with E-state index in [1.165, 1.54) is 13.0 Å². The quantitative estimate of drug-likeness (QED) is 0.867. The van der Waals surface area contributed by atoms with Crippen LogP contribution in [0.5, 0.6) is 0 Å². The zero-order valence-corrected chi connectivity index (χ0v) is 10.8. The van der Waals surface area contributed by atoms with Crippen LogP contribution >= 0.6 is 0 Å². The van der Waals surface area contributed by atoms with E-state index in [1.807, 2.05) is 6.92 Å². The van der Waals surface area contributed by atoms with Gasteiger partial charge in [0, 0.05) is 12.1 Å². The Morgan fingerprint density at radius 1 is 1.44 bits per heavy atom. The first-order valence-corrected chi connectivity index (χ1v) is 5.82. The van der Waals surface area contributed by atoms with Crippen molar-refractivity contribution in [1.29, 1.82) is 0 Å². The molecule has 0 aromatic heterocycles. The van der Waals surface area contributed by atoms with E-state index in [2.05, 4.69) is 5.32 Å². The molecule has 0 fully saturated rings. The number of rotatable bonds is 4. The molecule has 1 atom stereocenters. The summed E-state index contributed by atoms with van der Waals surface area (Å²) in [7, 11) is 0. The van der Waals surface area contributed by atoms with Gasteiger partial charge in [0.2, 0.25) is 0 Å². The predicted octanol–water partition coefficient (Wildman–Crippen LogP) is 2.13. The van der Waals surface area contributed by atoms with Gasteiger partial charge < -0.3 is 11.1 Å². The molecule has 0 aliphatic rings. The Labute approximate surface area is 105 Å². The number of carbonyl (C=O) groups is 1. The third-order valence-corrected chi connectivity index (χ3v) is 3.16. The van der Waals surface area contributed by atoms with Crippen LogP contribution in [0, 0.1) is 18.6 Å². The summed E-state index contributed by atoms with van der Waals surface area (Å²) in [6.45, 7) is 5.25. The lowest BCUT2D eigenvalue weighted by Crippen LogP contribution is -2.51.